The van der Waals surface area contributed by atoms with Gasteiger partial charge in [0.05, 0.1) is 31.0 Å². The number of amides is 1. The largest absolute Gasteiger partial charge is 0.493 e. The number of anilines is 1. The molecule has 156 valence electrons. The summed E-state index contributed by atoms with van der Waals surface area (Å²) in [4.78, 5) is 17.0. The van der Waals surface area contributed by atoms with Crippen molar-refractivity contribution in [1.29, 1.82) is 0 Å². The van der Waals surface area contributed by atoms with Crippen LogP contribution in [-0.2, 0) is 0 Å². The zero-order valence-corrected chi connectivity index (χ0v) is 16.8. The summed E-state index contributed by atoms with van der Waals surface area (Å²) in [5, 5.41) is 6.74. The molecule has 0 radical (unpaired) electrons. The molecule has 0 spiro atoms. The fraction of sp³-hybridized carbons (Fsp3) is 0.0870. The van der Waals surface area contributed by atoms with Crippen molar-refractivity contribution in [2.75, 3.05) is 19.5 Å². The lowest BCUT2D eigenvalue weighted by Gasteiger charge is -2.09. The average molecular weight is 419 g/mol. The molecule has 8 heteroatoms. The summed E-state index contributed by atoms with van der Waals surface area (Å²) in [6.07, 6.45) is 0. The van der Waals surface area contributed by atoms with Crippen molar-refractivity contribution in [2.45, 2.75) is 0 Å². The minimum atomic E-state index is -0.606. The minimum Gasteiger partial charge on any atom is -0.493 e. The lowest BCUT2D eigenvalue weighted by molar-refractivity contribution is 0.102. The van der Waals surface area contributed by atoms with Crippen LogP contribution in [0.3, 0.4) is 0 Å². The molecule has 1 aromatic heterocycles. The summed E-state index contributed by atoms with van der Waals surface area (Å²) in [6.45, 7) is 0. The molecule has 0 unspecified atom stereocenters. The molecule has 0 aliphatic heterocycles. The molecular formula is C23H18FN3O4. The number of halogens is 1. The van der Waals surface area contributed by atoms with Gasteiger partial charge in [0.1, 0.15) is 5.82 Å². The molecule has 7 nitrogen and oxygen atoms in total. The number of carbonyl (C=O) groups is 1. The molecule has 0 fully saturated rings. The van der Waals surface area contributed by atoms with Gasteiger partial charge in [0.25, 0.3) is 11.8 Å². The Morgan fingerprint density at radius 1 is 0.968 bits per heavy atom. The van der Waals surface area contributed by atoms with Crippen LogP contribution in [0.15, 0.2) is 71.3 Å². The van der Waals surface area contributed by atoms with E-state index in [9.17, 15) is 9.18 Å². The number of carbonyl (C=O) groups excluding carboxylic acids is 1. The smallest absolute Gasteiger partial charge is 0.260 e. The number of hydrogen-bond acceptors (Lipinski definition) is 6. The summed E-state index contributed by atoms with van der Waals surface area (Å²) in [7, 11) is 3.09. The van der Waals surface area contributed by atoms with E-state index in [1.807, 2.05) is 0 Å². The van der Waals surface area contributed by atoms with E-state index in [-0.39, 0.29) is 11.5 Å². The Labute approximate surface area is 177 Å². The summed E-state index contributed by atoms with van der Waals surface area (Å²) >= 11 is 0. The first-order chi connectivity index (χ1) is 15.1. The van der Waals surface area contributed by atoms with Crippen molar-refractivity contribution >= 4 is 11.6 Å². The van der Waals surface area contributed by atoms with Crippen LogP contribution in [0.25, 0.3) is 22.8 Å². The second kappa shape index (κ2) is 8.66. The van der Waals surface area contributed by atoms with Crippen molar-refractivity contribution in [3.63, 3.8) is 0 Å². The molecule has 3 aromatic carbocycles. The van der Waals surface area contributed by atoms with Crippen LogP contribution in [0.5, 0.6) is 11.5 Å². The summed E-state index contributed by atoms with van der Waals surface area (Å²) in [5.74, 6) is 0.469. The number of rotatable bonds is 6. The van der Waals surface area contributed by atoms with Gasteiger partial charge in [-0.1, -0.05) is 29.4 Å². The van der Waals surface area contributed by atoms with Gasteiger partial charge >= 0.3 is 0 Å². The highest BCUT2D eigenvalue weighted by atomic mass is 19.1. The van der Waals surface area contributed by atoms with E-state index >= 15 is 0 Å². The van der Waals surface area contributed by atoms with Crippen LogP contribution in [-0.4, -0.2) is 30.3 Å². The van der Waals surface area contributed by atoms with Gasteiger partial charge in [-0.15, -0.1) is 0 Å². The Bertz CT molecular complexity index is 1240. The average Bonchev–Trinajstić information content (AvgIpc) is 3.29. The van der Waals surface area contributed by atoms with Crippen LogP contribution in [0, 0.1) is 5.82 Å². The van der Waals surface area contributed by atoms with Crippen LogP contribution in [0.4, 0.5) is 10.1 Å². The SMILES string of the molecule is COc1ccc(-c2noc(-c3ccccc3NC(=O)c3ccccc3F)n2)cc1OC. The van der Waals surface area contributed by atoms with E-state index in [0.717, 1.165) is 0 Å². The van der Waals surface area contributed by atoms with E-state index in [1.165, 1.54) is 25.3 Å². The number of nitrogens with zero attached hydrogens (tertiary/aromatic N) is 2. The predicted molar refractivity (Wildman–Crippen MR) is 113 cm³/mol. The standard InChI is InChI=1S/C23H18FN3O4/c1-29-19-12-11-14(13-20(19)30-2)21-26-23(31-27-21)16-8-4-6-10-18(16)25-22(28)15-7-3-5-9-17(15)24/h3-13H,1-2H3,(H,25,28). The van der Waals surface area contributed by atoms with Crippen molar-refractivity contribution in [3.05, 3.63) is 78.1 Å². The summed E-state index contributed by atoms with van der Waals surface area (Å²) in [6, 6.07) is 17.9. The van der Waals surface area contributed by atoms with E-state index < -0.39 is 11.7 Å². The number of aromatic nitrogens is 2. The molecule has 0 aliphatic rings. The second-order valence-corrected chi connectivity index (χ2v) is 6.47. The van der Waals surface area contributed by atoms with Crippen LogP contribution in [0.1, 0.15) is 10.4 Å². The monoisotopic (exact) mass is 419 g/mol. The summed E-state index contributed by atoms with van der Waals surface area (Å²) < 4.78 is 29.9. The molecule has 1 N–H and O–H groups in total. The highest BCUT2D eigenvalue weighted by Crippen LogP contribution is 2.33. The Morgan fingerprint density at radius 2 is 1.71 bits per heavy atom. The molecular weight excluding hydrogens is 401 g/mol. The second-order valence-electron chi connectivity index (χ2n) is 6.47. The highest BCUT2D eigenvalue weighted by Gasteiger charge is 2.18. The molecule has 1 heterocycles. The van der Waals surface area contributed by atoms with Gasteiger partial charge in [0, 0.05) is 5.56 Å². The number of methoxy groups -OCH3 is 2. The number of nitrogens with one attached hydrogen (secondary N) is 1. The normalized spacial score (nSPS) is 10.5. The van der Waals surface area contributed by atoms with E-state index in [4.69, 9.17) is 14.0 Å². The van der Waals surface area contributed by atoms with E-state index in [1.54, 1.807) is 55.6 Å². The van der Waals surface area contributed by atoms with Crippen LogP contribution >= 0.6 is 0 Å². The number of para-hydroxylation sites is 1. The maximum absolute atomic E-state index is 14.0. The third-order valence-corrected chi connectivity index (χ3v) is 4.59. The van der Waals surface area contributed by atoms with Gasteiger partial charge in [-0.25, -0.2) is 4.39 Å². The zero-order chi connectivity index (χ0) is 21.8. The minimum absolute atomic E-state index is 0.0613. The number of hydrogen-bond donors (Lipinski definition) is 1. The molecule has 1 amide bonds. The first-order valence-electron chi connectivity index (χ1n) is 9.32. The van der Waals surface area contributed by atoms with Crippen molar-refractivity contribution < 1.29 is 23.2 Å². The van der Waals surface area contributed by atoms with Gasteiger partial charge in [0.15, 0.2) is 11.5 Å². The first kappa shape index (κ1) is 20.1. The highest BCUT2D eigenvalue weighted by molar-refractivity contribution is 6.06. The van der Waals surface area contributed by atoms with Crippen molar-refractivity contribution in [2.24, 2.45) is 0 Å². The quantitative estimate of drug-likeness (QED) is 0.483. The van der Waals surface area contributed by atoms with Crippen LogP contribution < -0.4 is 14.8 Å². The number of benzene rings is 3. The maximum atomic E-state index is 14.0. The molecule has 0 atom stereocenters. The molecule has 31 heavy (non-hydrogen) atoms. The van der Waals surface area contributed by atoms with E-state index in [0.29, 0.717) is 34.1 Å². The van der Waals surface area contributed by atoms with Gasteiger partial charge in [-0.05, 0) is 42.5 Å². The van der Waals surface area contributed by atoms with Crippen LogP contribution in [0.2, 0.25) is 0 Å². The third kappa shape index (κ3) is 4.09. The molecule has 0 saturated heterocycles. The van der Waals surface area contributed by atoms with E-state index in [2.05, 4.69) is 15.5 Å². The fourth-order valence-corrected chi connectivity index (χ4v) is 3.04. The lowest BCUT2D eigenvalue weighted by atomic mass is 10.1. The molecule has 0 bridgehead atoms. The number of ether oxygens (including phenoxy) is 2. The Kier molecular flexibility index (Phi) is 5.61. The van der Waals surface area contributed by atoms with Gasteiger partial charge in [-0.3, -0.25) is 4.79 Å². The Hall–Kier alpha value is -4.20. The third-order valence-electron chi connectivity index (χ3n) is 4.59. The van der Waals surface area contributed by atoms with Crippen molar-refractivity contribution in [3.8, 4) is 34.3 Å². The summed E-state index contributed by atoms with van der Waals surface area (Å²) in [5.41, 5.74) is 1.53. The predicted octanol–water partition coefficient (Wildman–Crippen LogP) is 4.81. The molecule has 4 aromatic rings. The molecule has 0 aliphatic carbocycles. The van der Waals surface area contributed by atoms with Gasteiger partial charge < -0.3 is 19.3 Å². The fourth-order valence-electron chi connectivity index (χ4n) is 3.04. The molecule has 4 rings (SSSR count). The van der Waals surface area contributed by atoms with Crippen molar-refractivity contribution in [1.82, 2.24) is 10.1 Å². The van der Waals surface area contributed by atoms with Gasteiger partial charge in [-0.2, -0.15) is 4.98 Å². The Morgan fingerprint density at radius 3 is 2.48 bits per heavy atom. The van der Waals surface area contributed by atoms with Gasteiger partial charge in [0.2, 0.25) is 5.82 Å². The zero-order valence-electron chi connectivity index (χ0n) is 16.8. The molecule has 0 saturated carbocycles. The first-order valence-corrected chi connectivity index (χ1v) is 9.32. The lowest BCUT2D eigenvalue weighted by Crippen LogP contribution is -2.14. The maximum Gasteiger partial charge on any atom is 0.260 e. The topological polar surface area (TPSA) is 86.5 Å². The Balaban J connectivity index is 1.64.